The van der Waals surface area contributed by atoms with E-state index in [9.17, 15) is 18.3 Å². The molecule has 0 spiro atoms. The number of sulfonamides is 1. The van der Waals surface area contributed by atoms with E-state index in [1.165, 1.54) is 6.07 Å². The first-order chi connectivity index (χ1) is 9.42. The fourth-order valence-electron chi connectivity index (χ4n) is 1.47. The molecule has 3 N–H and O–H groups in total. The molecule has 2 aromatic rings. The van der Waals surface area contributed by atoms with Gasteiger partial charge in [0, 0.05) is 12.1 Å². The zero-order valence-corrected chi connectivity index (χ0v) is 11.6. The van der Waals surface area contributed by atoms with Crippen molar-refractivity contribution in [3.63, 3.8) is 0 Å². The average molecular weight is 314 g/mol. The first-order valence-electron chi connectivity index (χ1n) is 5.35. The summed E-state index contributed by atoms with van der Waals surface area (Å²) in [6, 6.07) is 6.25. The van der Waals surface area contributed by atoms with E-state index in [-0.39, 0.29) is 16.5 Å². The summed E-state index contributed by atoms with van der Waals surface area (Å²) >= 11 is 0.719. The molecular weight excluding hydrogens is 304 g/mol. The van der Waals surface area contributed by atoms with Crippen LogP contribution in [0.4, 0.5) is 0 Å². The van der Waals surface area contributed by atoms with E-state index < -0.39 is 21.7 Å². The number of benzene rings is 1. The van der Waals surface area contributed by atoms with E-state index in [4.69, 9.17) is 5.11 Å². The molecule has 7 nitrogen and oxygen atoms in total. The van der Waals surface area contributed by atoms with Crippen molar-refractivity contribution >= 4 is 27.3 Å². The Balaban J connectivity index is 2.22. The SMILES string of the molecule is O=C(O)c1ncsc1S(=O)(=O)NCc1ccccc1O. The second-order valence-corrected chi connectivity index (χ2v) is 6.56. The number of hydrogen-bond donors (Lipinski definition) is 3. The number of para-hydroxylation sites is 1. The Morgan fingerprint density at radius 1 is 1.35 bits per heavy atom. The van der Waals surface area contributed by atoms with Crippen molar-refractivity contribution in [2.45, 2.75) is 10.8 Å². The van der Waals surface area contributed by atoms with Gasteiger partial charge in [0.25, 0.3) is 10.0 Å². The predicted molar refractivity (Wildman–Crippen MR) is 71.2 cm³/mol. The lowest BCUT2D eigenvalue weighted by molar-refractivity contribution is 0.0687. The number of phenolic OH excluding ortho intramolecular Hbond substituents is 1. The van der Waals surface area contributed by atoms with Crippen LogP contribution in [0.3, 0.4) is 0 Å². The first kappa shape index (κ1) is 14.4. The monoisotopic (exact) mass is 314 g/mol. The third kappa shape index (κ3) is 2.95. The number of carbonyl (C=O) groups is 1. The van der Waals surface area contributed by atoms with E-state index in [0.29, 0.717) is 5.56 Å². The summed E-state index contributed by atoms with van der Waals surface area (Å²) in [6.45, 7) is -0.147. The molecule has 0 atom stereocenters. The van der Waals surface area contributed by atoms with Crippen LogP contribution in [0.2, 0.25) is 0 Å². The molecule has 2 rings (SSSR count). The molecule has 20 heavy (non-hydrogen) atoms. The first-order valence-corrected chi connectivity index (χ1v) is 7.71. The van der Waals surface area contributed by atoms with E-state index in [2.05, 4.69) is 9.71 Å². The number of phenols is 1. The zero-order valence-electron chi connectivity index (χ0n) is 9.98. The lowest BCUT2D eigenvalue weighted by Gasteiger charge is -2.07. The molecule has 0 saturated carbocycles. The van der Waals surface area contributed by atoms with Crippen LogP contribution in [0.25, 0.3) is 0 Å². The number of carboxylic acid groups (broad SMARTS) is 1. The van der Waals surface area contributed by atoms with Gasteiger partial charge in [0.1, 0.15) is 5.75 Å². The van der Waals surface area contributed by atoms with Crippen molar-refractivity contribution < 1.29 is 23.4 Å². The van der Waals surface area contributed by atoms with Crippen LogP contribution in [-0.2, 0) is 16.6 Å². The van der Waals surface area contributed by atoms with Gasteiger partial charge in [-0.2, -0.15) is 0 Å². The summed E-state index contributed by atoms with van der Waals surface area (Å²) < 4.78 is 25.9. The topological polar surface area (TPSA) is 117 Å². The summed E-state index contributed by atoms with van der Waals surface area (Å²) in [5.41, 5.74) is 1.02. The summed E-state index contributed by atoms with van der Waals surface area (Å²) in [6.07, 6.45) is 0. The Morgan fingerprint density at radius 2 is 2.05 bits per heavy atom. The molecule has 0 fully saturated rings. The number of nitrogens with one attached hydrogen (secondary N) is 1. The maximum atomic E-state index is 12.0. The Bertz CT molecular complexity index is 739. The molecule has 9 heteroatoms. The highest BCUT2D eigenvalue weighted by molar-refractivity contribution is 7.91. The standard InChI is InChI=1S/C11H10N2O5S2/c14-8-4-2-1-3-7(8)5-13-20(17,18)11-9(10(15)16)12-6-19-11/h1-4,6,13-14H,5H2,(H,15,16). The van der Waals surface area contributed by atoms with Crippen molar-refractivity contribution in [1.29, 1.82) is 0 Å². The lowest BCUT2D eigenvalue weighted by Crippen LogP contribution is -2.24. The molecule has 0 radical (unpaired) electrons. The number of hydrogen-bond acceptors (Lipinski definition) is 6. The fourth-order valence-corrected chi connectivity index (χ4v) is 3.66. The van der Waals surface area contributed by atoms with Gasteiger partial charge in [-0.05, 0) is 6.07 Å². The van der Waals surface area contributed by atoms with Crippen LogP contribution in [-0.4, -0.2) is 29.6 Å². The summed E-state index contributed by atoms with van der Waals surface area (Å²) in [7, 11) is -3.99. The van der Waals surface area contributed by atoms with Crippen molar-refractivity contribution in [3.05, 3.63) is 41.0 Å². The van der Waals surface area contributed by atoms with Gasteiger partial charge in [0.05, 0.1) is 5.51 Å². The molecule has 1 aromatic heterocycles. The van der Waals surface area contributed by atoms with E-state index >= 15 is 0 Å². The number of aromatic nitrogens is 1. The largest absolute Gasteiger partial charge is 0.508 e. The van der Waals surface area contributed by atoms with Crippen LogP contribution in [0.15, 0.2) is 34.0 Å². The number of carboxylic acids is 1. The van der Waals surface area contributed by atoms with Crippen LogP contribution in [0, 0.1) is 0 Å². The van der Waals surface area contributed by atoms with Gasteiger partial charge in [-0.1, -0.05) is 18.2 Å². The number of thiazole rings is 1. The molecule has 1 heterocycles. The molecular formula is C11H10N2O5S2. The highest BCUT2D eigenvalue weighted by atomic mass is 32.2. The number of aromatic hydroxyl groups is 1. The second kappa shape index (κ2) is 5.57. The van der Waals surface area contributed by atoms with E-state index in [0.717, 1.165) is 16.8 Å². The van der Waals surface area contributed by atoms with Gasteiger partial charge >= 0.3 is 5.97 Å². The molecule has 0 aliphatic heterocycles. The summed E-state index contributed by atoms with van der Waals surface area (Å²) in [4.78, 5) is 14.4. The van der Waals surface area contributed by atoms with Gasteiger partial charge in [-0.3, -0.25) is 0 Å². The van der Waals surface area contributed by atoms with E-state index in [1.54, 1.807) is 18.2 Å². The van der Waals surface area contributed by atoms with Crippen LogP contribution in [0.5, 0.6) is 5.75 Å². The molecule has 0 saturated heterocycles. The molecule has 0 amide bonds. The average Bonchev–Trinajstić information content (AvgIpc) is 2.88. The van der Waals surface area contributed by atoms with Crippen molar-refractivity contribution in [2.24, 2.45) is 0 Å². The second-order valence-electron chi connectivity index (χ2n) is 3.75. The molecule has 0 unspecified atom stereocenters. The maximum absolute atomic E-state index is 12.0. The molecule has 0 bridgehead atoms. The number of nitrogens with zero attached hydrogens (tertiary/aromatic N) is 1. The zero-order chi connectivity index (χ0) is 14.8. The molecule has 0 aliphatic rings. The van der Waals surface area contributed by atoms with E-state index in [1.807, 2.05) is 0 Å². The Kier molecular flexibility index (Phi) is 4.02. The summed E-state index contributed by atoms with van der Waals surface area (Å²) in [5, 5.41) is 18.4. The van der Waals surface area contributed by atoms with Crippen LogP contribution in [0.1, 0.15) is 16.1 Å². The minimum Gasteiger partial charge on any atom is -0.508 e. The molecule has 1 aromatic carbocycles. The van der Waals surface area contributed by atoms with Gasteiger partial charge < -0.3 is 10.2 Å². The molecule has 0 aliphatic carbocycles. The number of aromatic carboxylic acids is 1. The normalized spacial score (nSPS) is 11.4. The Hall–Kier alpha value is -1.97. The minimum absolute atomic E-state index is 0.0436. The van der Waals surface area contributed by atoms with Gasteiger partial charge in [-0.25, -0.2) is 22.9 Å². The van der Waals surface area contributed by atoms with Gasteiger partial charge in [0.2, 0.25) is 0 Å². The fraction of sp³-hybridized carbons (Fsp3) is 0.0909. The van der Waals surface area contributed by atoms with Crippen LogP contribution >= 0.6 is 11.3 Å². The maximum Gasteiger partial charge on any atom is 0.356 e. The highest BCUT2D eigenvalue weighted by Crippen LogP contribution is 2.21. The smallest absolute Gasteiger partial charge is 0.356 e. The van der Waals surface area contributed by atoms with Crippen molar-refractivity contribution in [3.8, 4) is 5.75 Å². The van der Waals surface area contributed by atoms with Crippen molar-refractivity contribution in [2.75, 3.05) is 0 Å². The Labute approximate surface area is 118 Å². The summed E-state index contributed by atoms with van der Waals surface area (Å²) in [5.74, 6) is -1.45. The quantitative estimate of drug-likeness (QED) is 0.759. The Morgan fingerprint density at radius 3 is 2.70 bits per heavy atom. The molecule has 106 valence electrons. The lowest BCUT2D eigenvalue weighted by atomic mass is 10.2. The van der Waals surface area contributed by atoms with Crippen LogP contribution < -0.4 is 4.72 Å². The minimum atomic E-state index is -3.99. The highest BCUT2D eigenvalue weighted by Gasteiger charge is 2.25. The predicted octanol–water partition coefficient (Wildman–Crippen LogP) is 1.03. The number of rotatable bonds is 5. The van der Waals surface area contributed by atoms with Gasteiger partial charge in [0.15, 0.2) is 9.90 Å². The third-order valence-electron chi connectivity index (χ3n) is 2.43. The van der Waals surface area contributed by atoms with Gasteiger partial charge in [-0.15, -0.1) is 11.3 Å². The van der Waals surface area contributed by atoms with Crippen molar-refractivity contribution in [1.82, 2.24) is 9.71 Å². The third-order valence-corrected chi connectivity index (χ3v) is 5.20.